The van der Waals surface area contributed by atoms with Gasteiger partial charge < -0.3 is 5.73 Å². The predicted octanol–water partition coefficient (Wildman–Crippen LogP) is 1.71. The molecular formula is C10H16N2. The third-order valence-electron chi connectivity index (χ3n) is 2.21. The fraction of sp³-hybridized carbons (Fsp3) is 0.500. The van der Waals surface area contributed by atoms with E-state index < -0.39 is 0 Å². The Bertz CT molecular complexity index is 229. The SMILES string of the molecule is CC(C)(CCN)c1cccnc1. The number of nitrogens with two attached hydrogens (primary N) is 1. The standard InChI is InChI=1S/C10H16N2/c1-10(2,5-6-11)9-4-3-7-12-8-9/h3-4,7-8H,5-6,11H2,1-2H3. The summed E-state index contributed by atoms with van der Waals surface area (Å²) in [4.78, 5) is 4.09. The van der Waals surface area contributed by atoms with E-state index in [1.807, 2.05) is 12.3 Å². The molecule has 1 heterocycles. The Morgan fingerprint density at radius 2 is 2.25 bits per heavy atom. The number of hydrogen-bond donors (Lipinski definition) is 1. The van der Waals surface area contributed by atoms with Crippen LogP contribution in [0, 0.1) is 0 Å². The summed E-state index contributed by atoms with van der Waals surface area (Å²) in [6.07, 6.45) is 4.70. The van der Waals surface area contributed by atoms with Gasteiger partial charge in [0, 0.05) is 12.4 Å². The Kier molecular flexibility index (Phi) is 2.82. The van der Waals surface area contributed by atoms with Gasteiger partial charge >= 0.3 is 0 Å². The topological polar surface area (TPSA) is 38.9 Å². The Morgan fingerprint density at radius 3 is 2.75 bits per heavy atom. The molecule has 2 heteroatoms. The minimum Gasteiger partial charge on any atom is -0.330 e. The van der Waals surface area contributed by atoms with Crippen LogP contribution in [0.15, 0.2) is 24.5 Å². The second-order valence-electron chi connectivity index (χ2n) is 3.66. The van der Waals surface area contributed by atoms with Crippen molar-refractivity contribution in [1.29, 1.82) is 0 Å². The second-order valence-corrected chi connectivity index (χ2v) is 3.66. The largest absolute Gasteiger partial charge is 0.330 e. The van der Waals surface area contributed by atoms with Gasteiger partial charge in [-0.25, -0.2) is 0 Å². The molecule has 66 valence electrons. The lowest BCUT2D eigenvalue weighted by molar-refractivity contribution is 0.486. The molecule has 2 N–H and O–H groups in total. The van der Waals surface area contributed by atoms with Crippen molar-refractivity contribution in [2.45, 2.75) is 25.7 Å². The summed E-state index contributed by atoms with van der Waals surface area (Å²) >= 11 is 0. The molecule has 0 saturated carbocycles. The molecule has 12 heavy (non-hydrogen) atoms. The van der Waals surface area contributed by atoms with Crippen molar-refractivity contribution in [2.24, 2.45) is 5.73 Å². The van der Waals surface area contributed by atoms with Gasteiger partial charge in [-0.2, -0.15) is 0 Å². The molecule has 1 aromatic heterocycles. The van der Waals surface area contributed by atoms with Gasteiger partial charge in [0.05, 0.1) is 0 Å². The first-order valence-electron chi connectivity index (χ1n) is 4.27. The van der Waals surface area contributed by atoms with Crippen LogP contribution < -0.4 is 5.73 Å². The van der Waals surface area contributed by atoms with Crippen molar-refractivity contribution in [3.8, 4) is 0 Å². The van der Waals surface area contributed by atoms with Crippen LogP contribution in [0.1, 0.15) is 25.8 Å². The van der Waals surface area contributed by atoms with E-state index in [4.69, 9.17) is 5.73 Å². The minimum absolute atomic E-state index is 0.156. The molecule has 0 amide bonds. The molecule has 1 rings (SSSR count). The zero-order valence-corrected chi connectivity index (χ0v) is 7.75. The molecule has 0 bridgehead atoms. The molecule has 0 aliphatic carbocycles. The van der Waals surface area contributed by atoms with Crippen molar-refractivity contribution in [3.63, 3.8) is 0 Å². The Balaban J connectivity index is 2.82. The average Bonchev–Trinajstić information content (AvgIpc) is 2.06. The summed E-state index contributed by atoms with van der Waals surface area (Å²) in [5.41, 5.74) is 6.95. The highest BCUT2D eigenvalue weighted by Gasteiger charge is 2.18. The average molecular weight is 164 g/mol. The van der Waals surface area contributed by atoms with E-state index in [1.54, 1.807) is 6.20 Å². The third-order valence-corrected chi connectivity index (χ3v) is 2.21. The van der Waals surface area contributed by atoms with Gasteiger partial charge in [-0.15, -0.1) is 0 Å². The maximum atomic E-state index is 5.53. The van der Waals surface area contributed by atoms with Crippen LogP contribution in [-0.2, 0) is 5.41 Å². The van der Waals surface area contributed by atoms with Crippen molar-refractivity contribution < 1.29 is 0 Å². The summed E-state index contributed by atoms with van der Waals surface area (Å²) < 4.78 is 0. The molecule has 1 aromatic rings. The van der Waals surface area contributed by atoms with E-state index in [0.717, 1.165) is 13.0 Å². The monoisotopic (exact) mass is 164 g/mol. The van der Waals surface area contributed by atoms with Gasteiger partial charge in [-0.05, 0) is 30.0 Å². The lowest BCUT2D eigenvalue weighted by Crippen LogP contribution is -2.21. The van der Waals surface area contributed by atoms with Crippen molar-refractivity contribution in [2.75, 3.05) is 6.54 Å². The van der Waals surface area contributed by atoms with E-state index in [1.165, 1.54) is 5.56 Å². The zero-order chi connectivity index (χ0) is 9.03. The van der Waals surface area contributed by atoms with E-state index in [9.17, 15) is 0 Å². The predicted molar refractivity (Wildman–Crippen MR) is 50.9 cm³/mol. The number of hydrogen-bond acceptors (Lipinski definition) is 2. The Labute approximate surface area is 73.8 Å². The maximum absolute atomic E-state index is 5.53. The summed E-state index contributed by atoms with van der Waals surface area (Å²) in [6.45, 7) is 5.11. The summed E-state index contributed by atoms with van der Waals surface area (Å²) in [6, 6.07) is 4.07. The van der Waals surface area contributed by atoms with Gasteiger partial charge in [0.15, 0.2) is 0 Å². The Morgan fingerprint density at radius 1 is 1.50 bits per heavy atom. The molecule has 0 radical (unpaired) electrons. The molecule has 0 unspecified atom stereocenters. The minimum atomic E-state index is 0.156. The molecule has 0 spiro atoms. The van der Waals surface area contributed by atoms with E-state index in [0.29, 0.717) is 0 Å². The van der Waals surface area contributed by atoms with Gasteiger partial charge in [0.1, 0.15) is 0 Å². The molecule has 0 aromatic carbocycles. The number of aromatic nitrogens is 1. The van der Waals surface area contributed by atoms with E-state index in [-0.39, 0.29) is 5.41 Å². The first-order chi connectivity index (χ1) is 5.67. The van der Waals surface area contributed by atoms with Gasteiger partial charge in [0.25, 0.3) is 0 Å². The van der Waals surface area contributed by atoms with Crippen LogP contribution >= 0.6 is 0 Å². The summed E-state index contributed by atoms with van der Waals surface area (Å²) in [5.74, 6) is 0. The molecule has 0 aliphatic rings. The van der Waals surface area contributed by atoms with Gasteiger partial charge in [-0.1, -0.05) is 19.9 Å². The summed E-state index contributed by atoms with van der Waals surface area (Å²) in [7, 11) is 0. The highest BCUT2D eigenvalue weighted by atomic mass is 14.6. The Hall–Kier alpha value is -0.890. The quantitative estimate of drug-likeness (QED) is 0.738. The maximum Gasteiger partial charge on any atom is 0.0305 e. The van der Waals surface area contributed by atoms with Crippen LogP contribution in [0.3, 0.4) is 0 Å². The smallest absolute Gasteiger partial charge is 0.0305 e. The normalized spacial score (nSPS) is 11.6. The fourth-order valence-corrected chi connectivity index (χ4v) is 1.27. The molecule has 2 nitrogen and oxygen atoms in total. The van der Waals surface area contributed by atoms with E-state index in [2.05, 4.69) is 24.9 Å². The van der Waals surface area contributed by atoms with Crippen LogP contribution in [0.5, 0.6) is 0 Å². The van der Waals surface area contributed by atoms with Crippen molar-refractivity contribution in [3.05, 3.63) is 30.1 Å². The number of rotatable bonds is 3. The zero-order valence-electron chi connectivity index (χ0n) is 7.75. The molecule has 0 atom stereocenters. The van der Waals surface area contributed by atoms with Gasteiger partial charge in [0.2, 0.25) is 0 Å². The third kappa shape index (κ3) is 2.05. The number of nitrogens with zero attached hydrogens (tertiary/aromatic N) is 1. The first kappa shape index (κ1) is 9.20. The second kappa shape index (κ2) is 3.68. The van der Waals surface area contributed by atoms with Gasteiger partial charge in [-0.3, -0.25) is 4.98 Å². The molecule has 0 fully saturated rings. The van der Waals surface area contributed by atoms with Crippen LogP contribution in [-0.4, -0.2) is 11.5 Å². The summed E-state index contributed by atoms with van der Waals surface area (Å²) in [5, 5.41) is 0. The van der Waals surface area contributed by atoms with Crippen LogP contribution in [0.4, 0.5) is 0 Å². The lowest BCUT2D eigenvalue weighted by atomic mass is 9.83. The van der Waals surface area contributed by atoms with Crippen LogP contribution in [0.2, 0.25) is 0 Å². The first-order valence-corrected chi connectivity index (χ1v) is 4.27. The number of pyridine rings is 1. The van der Waals surface area contributed by atoms with Crippen molar-refractivity contribution >= 4 is 0 Å². The molecule has 0 saturated heterocycles. The van der Waals surface area contributed by atoms with Crippen LogP contribution in [0.25, 0.3) is 0 Å². The molecular weight excluding hydrogens is 148 g/mol. The fourth-order valence-electron chi connectivity index (χ4n) is 1.27. The van der Waals surface area contributed by atoms with Crippen molar-refractivity contribution in [1.82, 2.24) is 4.98 Å². The highest BCUT2D eigenvalue weighted by Crippen LogP contribution is 2.24. The van der Waals surface area contributed by atoms with E-state index >= 15 is 0 Å². The highest BCUT2D eigenvalue weighted by molar-refractivity contribution is 5.19. The molecule has 0 aliphatic heterocycles. The lowest BCUT2D eigenvalue weighted by Gasteiger charge is -2.23.